The summed E-state index contributed by atoms with van der Waals surface area (Å²) in [6.07, 6.45) is 2.47. The van der Waals surface area contributed by atoms with E-state index in [0.717, 1.165) is 11.3 Å². The van der Waals surface area contributed by atoms with Gasteiger partial charge < -0.3 is 9.73 Å². The summed E-state index contributed by atoms with van der Waals surface area (Å²) in [5, 5.41) is 2.36. The standard InChI is InChI=1S/C6H5N3O3.ClH/c10-4-1-8-6(11)9(4)5-2-7-3-12-5;/h2-3H,1H2,(H,8,11);1H. The van der Waals surface area contributed by atoms with Gasteiger partial charge in [0, 0.05) is 0 Å². The molecule has 0 bridgehead atoms. The number of nitrogens with one attached hydrogen (secondary N) is 1. The predicted molar refractivity (Wildman–Crippen MR) is 44.6 cm³/mol. The van der Waals surface area contributed by atoms with E-state index in [1.54, 1.807) is 0 Å². The second-order valence-corrected chi connectivity index (χ2v) is 2.23. The van der Waals surface area contributed by atoms with Gasteiger partial charge in [-0.2, -0.15) is 4.90 Å². The molecule has 0 aromatic carbocycles. The highest BCUT2D eigenvalue weighted by molar-refractivity contribution is 6.18. The van der Waals surface area contributed by atoms with Crippen molar-refractivity contribution in [1.29, 1.82) is 0 Å². The Morgan fingerprint density at radius 2 is 2.31 bits per heavy atom. The van der Waals surface area contributed by atoms with Crippen LogP contribution in [0.15, 0.2) is 17.0 Å². The Morgan fingerprint density at radius 3 is 2.77 bits per heavy atom. The van der Waals surface area contributed by atoms with Gasteiger partial charge in [-0.05, 0) is 0 Å². The molecule has 1 fully saturated rings. The normalized spacial score (nSPS) is 15.5. The minimum atomic E-state index is -0.475. The fraction of sp³-hybridized carbons (Fsp3) is 0.167. The zero-order valence-corrected chi connectivity index (χ0v) is 7.21. The van der Waals surface area contributed by atoms with E-state index in [4.69, 9.17) is 4.42 Å². The van der Waals surface area contributed by atoms with Gasteiger partial charge in [-0.1, -0.05) is 0 Å². The Labute approximate surface area is 79.3 Å². The Balaban J connectivity index is 0.000000845. The van der Waals surface area contributed by atoms with Gasteiger partial charge in [0.2, 0.25) is 5.88 Å². The van der Waals surface area contributed by atoms with Crippen LogP contribution in [0.4, 0.5) is 10.7 Å². The van der Waals surface area contributed by atoms with Crippen LogP contribution in [-0.4, -0.2) is 23.5 Å². The lowest BCUT2D eigenvalue weighted by molar-refractivity contribution is -0.116. The molecular formula is C6H6ClN3O3. The summed E-state index contributed by atoms with van der Waals surface area (Å²) < 4.78 is 4.79. The zero-order chi connectivity index (χ0) is 8.55. The predicted octanol–water partition coefficient (Wildman–Crippen LogP) is 0.153. The number of amides is 3. The lowest BCUT2D eigenvalue weighted by Crippen LogP contribution is -2.30. The molecule has 0 saturated carbocycles. The molecule has 6 nitrogen and oxygen atoms in total. The quantitative estimate of drug-likeness (QED) is 0.660. The smallest absolute Gasteiger partial charge is 0.331 e. The van der Waals surface area contributed by atoms with Crippen LogP contribution in [0.2, 0.25) is 0 Å². The van der Waals surface area contributed by atoms with E-state index in [9.17, 15) is 9.59 Å². The molecule has 7 heteroatoms. The van der Waals surface area contributed by atoms with Crippen molar-refractivity contribution in [2.75, 3.05) is 11.4 Å². The van der Waals surface area contributed by atoms with Crippen LogP contribution in [-0.2, 0) is 4.79 Å². The minimum absolute atomic E-state index is 0. The Kier molecular flexibility index (Phi) is 2.52. The summed E-state index contributed by atoms with van der Waals surface area (Å²) in [6.45, 7) is 0.0134. The number of hydrogen-bond acceptors (Lipinski definition) is 4. The lowest BCUT2D eigenvalue weighted by atomic mass is 10.5. The van der Waals surface area contributed by atoms with E-state index in [-0.39, 0.29) is 30.7 Å². The van der Waals surface area contributed by atoms with Crippen LogP contribution in [0.1, 0.15) is 0 Å². The van der Waals surface area contributed by atoms with Crippen LogP contribution < -0.4 is 10.2 Å². The molecule has 1 aromatic rings. The number of carbonyl (C=O) groups is 2. The Bertz CT molecular complexity index is 308. The number of halogens is 1. The summed E-state index contributed by atoms with van der Waals surface area (Å²) >= 11 is 0. The number of hydrogen-bond donors (Lipinski definition) is 1. The SMILES string of the molecule is Cl.O=C1CNC(=O)N1c1cnco1. The molecule has 3 amide bonds. The van der Waals surface area contributed by atoms with Crippen molar-refractivity contribution in [2.24, 2.45) is 0 Å². The van der Waals surface area contributed by atoms with Crippen LogP contribution in [0.25, 0.3) is 0 Å². The average molecular weight is 204 g/mol. The Hall–Kier alpha value is -1.56. The number of rotatable bonds is 1. The van der Waals surface area contributed by atoms with Gasteiger partial charge >= 0.3 is 6.03 Å². The zero-order valence-electron chi connectivity index (χ0n) is 6.39. The highest BCUT2D eigenvalue weighted by Crippen LogP contribution is 2.14. The topological polar surface area (TPSA) is 75.4 Å². The van der Waals surface area contributed by atoms with Gasteiger partial charge in [0.15, 0.2) is 6.39 Å². The fourth-order valence-electron chi connectivity index (χ4n) is 0.965. The maximum atomic E-state index is 11.0. The van der Waals surface area contributed by atoms with Crippen LogP contribution in [0.5, 0.6) is 0 Å². The van der Waals surface area contributed by atoms with Gasteiger partial charge in [0.05, 0.1) is 12.7 Å². The van der Waals surface area contributed by atoms with Crippen molar-refractivity contribution >= 4 is 30.2 Å². The molecule has 2 rings (SSSR count). The van der Waals surface area contributed by atoms with Crippen LogP contribution >= 0.6 is 12.4 Å². The van der Waals surface area contributed by atoms with E-state index >= 15 is 0 Å². The third-order valence-electron chi connectivity index (χ3n) is 1.48. The van der Waals surface area contributed by atoms with Gasteiger partial charge in [0.25, 0.3) is 5.91 Å². The van der Waals surface area contributed by atoms with E-state index in [2.05, 4.69) is 10.3 Å². The van der Waals surface area contributed by atoms with E-state index in [1.807, 2.05) is 0 Å². The number of carbonyl (C=O) groups excluding carboxylic acids is 2. The molecule has 13 heavy (non-hydrogen) atoms. The van der Waals surface area contributed by atoms with E-state index in [1.165, 1.54) is 6.20 Å². The first-order chi connectivity index (χ1) is 5.79. The largest absolute Gasteiger partial charge is 0.427 e. The average Bonchev–Trinajstić information content (AvgIpc) is 2.61. The third-order valence-corrected chi connectivity index (χ3v) is 1.48. The number of urea groups is 1. The number of aromatic nitrogens is 1. The van der Waals surface area contributed by atoms with Crippen molar-refractivity contribution in [3.63, 3.8) is 0 Å². The maximum Gasteiger partial charge on any atom is 0.331 e. The summed E-state index contributed by atoms with van der Waals surface area (Å²) in [5.74, 6) is -0.188. The van der Waals surface area contributed by atoms with Crippen molar-refractivity contribution in [3.05, 3.63) is 12.6 Å². The highest BCUT2D eigenvalue weighted by atomic mass is 35.5. The lowest BCUT2D eigenvalue weighted by Gasteiger charge is -2.05. The second-order valence-electron chi connectivity index (χ2n) is 2.23. The number of nitrogens with zero attached hydrogens (tertiary/aromatic N) is 2. The Morgan fingerprint density at radius 1 is 1.54 bits per heavy atom. The van der Waals surface area contributed by atoms with Crippen molar-refractivity contribution in [1.82, 2.24) is 10.3 Å². The molecule has 2 heterocycles. The molecule has 1 saturated heterocycles. The molecule has 1 aliphatic heterocycles. The van der Waals surface area contributed by atoms with Gasteiger partial charge in [0.1, 0.15) is 0 Å². The van der Waals surface area contributed by atoms with Gasteiger partial charge in [-0.3, -0.25) is 4.79 Å². The third kappa shape index (κ3) is 1.48. The van der Waals surface area contributed by atoms with Crippen molar-refractivity contribution in [3.8, 4) is 0 Å². The first-order valence-corrected chi connectivity index (χ1v) is 3.28. The molecule has 0 spiro atoms. The summed E-state index contributed by atoms with van der Waals surface area (Å²) in [6, 6.07) is -0.475. The molecule has 1 aliphatic rings. The first-order valence-electron chi connectivity index (χ1n) is 3.28. The molecular weight excluding hydrogens is 198 g/mol. The summed E-state index contributed by atoms with van der Waals surface area (Å²) in [7, 11) is 0. The fourth-order valence-corrected chi connectivity index (χ4v) is 0.965. The van der Waals surface area contributed by atoms with E-state index < -0.39 is 6.03 Å². The maximum absolute atomic E-state index is 11.0. The van der Waals surface area contributed by atoms with Crippen LogP contribution in [0.3, 0.4) is 0 Å². The second kappa shape index (κ2) is 3.44. The molecule has 1 N–H and O–H groups in total. The highest BCUT2D eigenvalue weighted by Gasteiger charge is 2.31. The molecule has 0 aliphatic carbocycles. The van der Waals surface area contributed by atoms with E-state index in [0.29, 0.717) is 0 Å². The molecule has 1 aromatic heterocycles. The number of anilines is 1. The molecule has 0 radical (unpaired) electrons. The van der Waals surface area contributed by atoms with Gasteiger partial charge in [-0.15, -0.1) is 12.4 Å². The van der Waals surface area contributed by atoms with Gasteiger partial charge in [-0.25, -0.2) is 9.78 Å². The van der Waals surface area contributed by atoms with Crippen LogP contribution in [0, 0.1) is 0 Å². The number of oxazole rings is 1. The summed E-state index contributed by atoms with van der Waals surface area (Å²) in [5.41, 5.74) is 0. The van der Waals surface area contributed by atoms with Crippen molar-refractivity contribution in [2.45, 2.75) is 0 Å². The monoisotopic (exact) mass is 203 g/mol. The first kappa shape index (κ1) is 9.53. The summed E-state index contributed by atoms with van der Waals surface area (Å²) in [4.78, 5) is 26.5. The molecule has 0 atom stereocenters. The number of imide groups is 1. The minimum Gasteiger partial charge on any atom is -0.427 e. The molecule has 0 unspecified atom stereocenters. The molecule has 70 valence electrons. The van der Waals surface area contributed by atoms with Crippen molar-refractivity contribution < 1.29 is 14.0 Å².